The van der Waals surface area contributed by atoms with Crippen LogP contribution in [0.15, 0.2) is 18.2 Å². The van der Waals surface area contributed by atoms with Crippen molar-refractivity contribution in [3.63, 3.8) is 0 Å². The van der Waals surface area contributed by atoms with E-state index in [0.29, 0.717) is 16.6 Å². The molecule has 0 aliphatic carbocycles. The Balaban J connectivity index is 2.00. The molecule has 1 aliphatic heterocycles. The van der Waals surface area contributed by atoms with Crippen molar-refractivity contribution in [1.29, 1.82) is 0 Å². The van der Waals surface area contributed by atoms with Gasteiger partial charge in [-0.2, -0.15) is 0 Å². The lowest BCUT2D eigenvalue weighted by Crippen LogP contribution is -2.34. The number of nitrogens with two attached hydrogens (primary N) is 1. The molecule has 1 unspecified atom stereocenters. The monoisotopic (exact) mass is 304 g/mol. The summed E-state index contributed by atoms with van der Waals surface area (Å²) in [5.74, 6) is 0.868. The van der Waals surface area contributed by atoms with Gasteiger partial charge in [-0.15, -0.1) is 11.3 Å². The van der Waals surface area contributed by atoms with E-state index in [0.717, 1.165) is 41.6 Å². The maximum absolute atomic E-state index is 12.8. The molecule has 0 saturated carbocycles. The Morgan fingerprint density at radius 1 is 1.52 bits per heavy atom. The third-order valence-electron chi connectivity index (χ3n) is 4.24. The van der Waals surface area contributed by atoms with E-state index in [9.17, 15) is 4.79 Å². The molecule has 1 atom stereocenters. The van der Waals surface area contributed by atoms with Crippen LogP contribution in [0, 0.1) is 0 Å². The first kappa shape index (κ1) is 14.2. The molecule has 3 rings (SSSR count). The van der Waals surface area contributed by atoms with E-state index < -0.39 is 0 Å². The fourth-order valence-corrected chi connectivity index (χ4v) is 4.15. The second kappa shape index (κ2) is 5.56. The summed E-state index contributed by atoms with van der Waals surface area (Å²) in [6.45, 7) is 2.98. The Bertz CT molecular complexity index is 680. The fraction of sp³-hybridized carbons (Fsp3) is 0.438. The van der Waals surface area contributed by atoms with Crippen molar-refractivity contribution in [3.05, 3.63) is 23.1 Å². The lowest BCUT2D eigenvalue weighted by Gasteiger charge is -2.23. The number of benzene rings is 1. The number of hydrogen-bond donors (Lipinski definition) is 1. The Morgan fingerprint density at radius 2 is 2.33 bits per heavy atom. The molecule has 4 nitrogen and oxygen atoms in total. The van der Waals surface area contributed by atoms with Crippen LogP contribution in [0.4, 0.5) is 5.69 Å². The van der Waals surface area contributed by atoms with Gasteiger partial charge in [0.1, 0.15) is 10.6 Å². The maximum Gasteiger partial charge on any atom is 0.266 e. The number of amides is 1. The van der Waals surface area contributed by atoms with Gasteiger partial charge in [0.25, 0.3) is 5.91 Å². The summed E-state index contributed by atoms with van der Waals surface area (Å²) in [5, 5.41) is 0.941. The van der Waals surface area contributed by atoms with E-state index in [1.54, 1.807) is 7.11 Å². The van der Waals surface area contributed by atoms with Crippen LogP contribution in [0.1, 0.15) is 35.9 Å². The van der Waals surface area contributed by atoms with Crippen LogP contribution >= 0.6 is 11.3 Å². The topological polar surface area (TPSA) is 55.6 Å². The van der Waals surface area contributed by atoms with Crippen LogP contribution < -0.4 is 10.5 Å². The minimum Gasteiger partial charge on any atom is -0.497 e. The van der Waals surface area contributed by atoms with E-state index in [2.05, 4.69) is 6.92 Å². The van der Waals surface area contributed by atoms with E-state index >= 15 is 0 Å². The predicted molar refractivity (Wildman–Crippen MR) is 87.1 cm³/mol. The molecule has 2 aromatic rings. The number of methoxy groups -OCH3 is 1. The maximum atomic E-state index is 12.8. The number of anilines is 1. The molecule has 112 valence electrons. The van der Waals surface area contributed by atoms with E-state index in [1.165, 1.54) is 11.3 Å². The Morgan fingerprint density at radius 3 is 3.05 bits per heavy atom. The zero-order valence-corrected chi connectivity index (χ0v) is 13.2. The fourth-order valence-electron chi connectivity index (χ4n) is 3.04. The molecule has 1 aliphatic rings. The molecule has 1 saturated heterocycles. The molecule has 1 aromatic heterocycles. The van der Waals surface area contributed by atoms with Crippen molar-refractivity contribution in [1.82, 2.24) is 4.90 Å². The zero-order valence-electron chi connectivity index (χ0n) is 12.4. The second-order valence-corrected chi connectivity index (χ2v) is 6.46. The molecule has 5 heteroatoms. The third kappa shape index (κ3) is 2.35. The van der Waals surface area contributed by atoms with Crippen molar-refractivity contribution in [3.8, 4) is 5.75 Å². The first-order chi connectivity index (χ1) is 10.2. The number of thiophene rings is 1. The summed E-state index contributed by atoms with van der Waals surface area (Å²) in [4.78, 5) is 15.4. The van der Waals surface area contributed by atoms with E-state index in [1.807, 2.05) is 23.1 Å². The first-order valence-corrected chi connectivity index (χ1v) is 8.14. The minimum absolute atomic E-state index is 0.0806. The smallest absolute Gasteiger partial charge is 0.266 e. The standard InChI is InChI=1S/C16H20N2O2S/c1-3-10-5-4-8-18(10)16(19)15-14(17)12-7-6-11(20-2)9-13(12)21-15/h6-7,9-10H,3-5,8,17H2,1-2H3. The summed E-state index contributed by atoms with van der Waals surface area (Å²) in [6, 6.07) is 6.10. The number of nitrogens with zero attached hydrogens (tertiary/aromatic N) is 1. The lowest BCUT2D eigenvalue weighted by atomic mass is 10.1. The summed E-state index contributed by atoms with van der Waals surface area (Å²) >= 11 is 1.46. The number of fused-ring (bicyclic) bond motifs is 1. The van der Waals surface area contributed by atoms with Gasteiger partial charge in [-0.05, 0) is 37.5 Å². The van der Waals surface area contributed by atoms with Gasteiger partial charge in [-0.1, -0.05) is 6.92 Å². The van der Waals surface area contributed by atoms with Crippen LogP contribution in [0.5, 0.6) is 5.75 Å². The number of nitrogen functional groups attached to an aromatic ring is 1. The molecule has 21 heavy (non-hydrogen) atoms. The van der Waals surface area contributed by atoms with Gasteiger partial charge in [0.15, 0.2) is 0 Å². The van der Waals surface area contributed by atoms with Gasteiger partial charge in [0.05, 0.1) is 12.8 Å². The van der Waals surface area contributed by atoms with Gasteiger partial charge >= 0.3 is 0 Å². The van der Waals surface area contributed by atoms with Gasteiger partial charge < -0.3 is 15.4 Å². The molecule has 0 spiro atoms. The first-order valence-electron chi connectivity index (χ1n) is 7.32. The third-order valence-corrected chi connectivity index (χ3v) is 5.40. The molecule has 2 heterocycles. The zero-order chi connectivity index (χ0) is 15.0. The van der Waals surface area contributed by atoms with Crippen LogP contribution in [-0.2, 0) is 0 Å². The molecule has 1 aromatic carbocycles. The SMILES string of the molecule is CCC1CCCN1C(=O)c1sc2cc(OC)ccc2c1N. The molecule has 0 radical (unpaired) electrons. The minimum atomic E-state index is 0.0806. The highest BCUT2D eigenvalue weighted by Crippen LogP contribution is 2.37. The van der Waals surface area contributed by atoms with Crippen LogP contribution in [-0.4, -0.2) is 30.5 Å². The number of carbonyl (C=O) groups is 1. The van der Waals surface area contributed by atoms with Crippen molar-refractivity contribution in [2.24, 2.45) is 0 Å². The van der Waals surface area contributed by atoms with Gasteiger partial charge in [-0.25, -0.2) is 0 Å². The summed E-state index contributed by atoms with van der Waals surface area (Å²) in [7, 11) is 1.64. The predicted octanol–water partition coefficient (Wildman–Crippen LogP) is 3.51. The normalized spacial score (nSPS) is 18.4. The largest absolute Gasteiger partial charge is 0.497 e. The molecular formula is C16H20N2O2S. The van der Waals surface area contributed by atoms with Crippen LogP contribution in [0.3, 0.4) is 0 Å². The number of ether oxygens (including phenoxy) is 1. The molecular weight excluding hydrogens is 284 g/mol. The highest BCUT2D eigenvalue weighted by molar-refractivity contribution is 7.21. The van der Waals surface area contributed by atoms with Crippen molar-refractivity contribution >= 4 is 33.0 Å². The Hall–Kier alpha value is -1.75. The summed E-state index contributed by atoms with van der Waals surface area (Å²) in [5.41, 5.74) is 6.81. The van der Waals surface area contributed by atoms with Crippen molar-refractivity contribution in [2.45, 2.75) is 32.2 Å². The average Bonchev–Trinajstić information content (AvgIpc) is 3.11. The number of likely N-dealkylation sites (tertiary alicyclic amines) is 1. The summed E-state index contributed by atoms with van der Waals surface area (Å²) < 4.78 is 6.24. The van der Waals surface area contributed by atoms with Crippen molar-refractivity contribution in [2.75, 3.05) is 19.4 Å². The highest BCUT2D eigenvalue weighted by Gasteiger charge is 2.30. The molecule has 1 fully saturated rings. The van der Waals surface area contributed by atoms with Gasteiger partial charge in [-0.3, -0.25) is 4.79 Å². The number of hydrogen-bond acceptors (Lipinski definition) is 4. The second-order valence-electron chi connectivity index (χ2n) is 5.41. The highest BCUT2D eigenvalue weighted by atomic mass is 32.1. The van der Waals surface area contributed by atoms with Crippen LogP contribution in [0.25, 0.3) is 10.1 Å². The van der Waals surface area contributed by atoms with E-state index in [-0.39, 0.29) is 5.91 Å². The van der Waals surface area contributed by atoms with Gasteiger partial charge in [0, 0.05) is 22.7 Å². The van der Waals surface area contributed by atoms with Gasteiger partial charge in [0.2, 0.25) is 0 Å². The van der Waals surface area contributed by atoms with Crippen molar-refractivity contribution < 1.29 is 9.53 Å². The quantitative estimate of drug-likeness (QED) is 0.944. The summed E-state index contributed by atoms with van der Waals surface area (Å²) in [6.07, 6.45) is 3.19. The molecule has 0 bridgehead atoms. The lowest BCUT2D eigenvalue weighted by molar-refractivity contribution is 0.0739. The Labute approximate surface area is 128 Å². The number of rotatable bonds is 3. The average molecular weight is 304 g/mol. The van der Waals surface area contributed by atoms with Crippen LogP contribution in [0.2, 0.25) is 0 Å². The number of carbonyl (C=O) groups excluding carboxylic acids is 1. The Kier molecular flexibility index (Phi) is 3.76. The molecule has 1 amide bonds. The molecule has 2 N–H and O–H groups in total. The van der Waals surface area contributed by atoms with E-state index in [4.69, 9.17) is 10.5 Å².